The lowest BCUT2D eigenvalue weighted by Crippen LogP contribution is -2.24. The number of thioether (sulfide) groups is 1. The second-order valence-electron chi connectivity index (χ2n) is 6.50. The van der Waals surface area contributed by atoms with E-state index in [1.807, 2.05) is 54.6 Å². The third-order valence-electron chi connectivity index (χ3n) is 4.47. The molecule has 3 rings (SSSR count). The third kappa shape index (κ3) is 5.13. The van der Waals surface area contributed by atoms with Crippen molar-refractivity contribution in [3.05, 3.63) is 76.2 Å². The second kappa shape index (κ2) is 9.41. The highest BCUT2D eigenvalue weighted by Crippen LogP contribution is 2.22. The van der Waals surface area contributed by atoms with Gasteiger partial charge in [-0.2, -0.15) is 0 Å². The Morgan fingerprint density at radius 3 is 2.54 bits per heavy atom. The van der Waals surface area contributed by atoms with Gasteiger partial charge in [0.05, 0.1) is 5.25 Å². The predicted molar refractivity (Wildman–Crippen MR) is 113 cm³/mol. The lowest BCUT2D eigenvalue weighted by Gasteiger charge is -2.12. The van der Waals surface area contributed by atoms with Crippen molar-refractivity contribution < 1.29 is 4.79 Å². The molecule has 28 heavy (non-hydrogen) atoms. The SMILES string of the molecule is CCc1ccc(NC(=O)C(C)Sc2n[nH]c(=O)n2CCc2ccccc2)cc1. The maximum atomic E-state index is 12.5. The quantitative estimate of drug-likeness (QED) is 0.571. The lowest BCUT2D eigenvalue weighted by atomic mass is 10.1. The normalized spacial score (nSPS) is 11.9. The molecule has 1 aromatic heterocycles. The molecule has 2 N–H and O–H groups in total. The highest BCUT2D eigenvalue weighted by molar-refractivity contribution is 8.00. The number of nitrogens with zero attached hydrogens (tertiary/aromatic N) is 2. The number of hydrogen-bond donors (Lipinski definition) is 2. The molecule has 0 fully saturated rings. The molecule has 0 aliphatic carbocycles. The number of hydrogen-bond acceptors (Lipinski definition) is 4. The van der Waals surface area contributed by atoms with Gasteiger partial charge in [0.2, 0.25) is 5.91 Å². The summed E-state index contributed by atoms with van der Waals surface area (Å²) in [5, 5.41) is 9.61. The molecule has 0 spiro atoms. The van der Waals surface area contributed by atoms with Gasteiger partial charge in [0, 0.05) is 12.2 Å². The molecular formula is C21H24N4O2S. The number of amides is 1. The highest BCUT2D eigenvalue weighted by atomic mass is 32.2. The van der Waals surface area contributed by atoms with Crippen molar-refractivity contribution in [3.8, 4) is 0 Å². The summed E-state index contributed by atoms with van der Waals surface area (Å²) in [6.45, 7) is 4.41. The molecule has 1 atom stereocenters. The summed E-state index contributed by atoms with van der Waals surface area (Å²) in [5.74, 6) is -0.126. The number of carbonyl (C=O) groups excluding carboxylic acids is 1. The zero-order chi connectivity index (χ0) is 19.9. The Morgan fingerprint density at radius 1 is 1.14 bits per heavy atom. The molecule has 1 heterocycles. The van der Waals surface area contributed by atoms with Gasteiger partial charge in [0.15, 0.2) is 5.16 Å². The standard InChI is InChI=1S/C21H24N4O2S/c1-3-16-9-11-18(12-10-16)22-19(26)15(2)28-21-24-23-20(27)25(21)14-13-17-7-5-4-6-8-17/h4-12,15H,3,13-14H2,1-2H3,(H,22,26)(H,23,27). The van der Waals surface area contributed by atoms with Crippen LogP contribution in [0.15, 0.2) is 64.5 Å². The van der Waals surface area contributed by atoms with Gasteiger partial charge in [-0.1, -0.05) is 61.2 Å². The second-order valence-corrected chi connectivity index (χ2v) is 7.81. The van der Waals surface area contributed by atoms with E-state index in [9.17, 15) is 9.59 Å². The summed E-state index contributed by atoms with van der Waals surface area (Å²) < 4.78 is 1.58. The number of aromatic nitrogens is 3. The molecule has 0 bridgehead atoms. The Labute approximate surface area is 168 Å². The van der Waals surface area contributed by atoms with E-state index in [4.69, 9.17) is 0 Å². The van der Waals surface area contributed by atoms with Crippen LogP contribution in [0.3, 0.4) is 0 Å². The van der Waals surface area contributed by atoms with Crippen LogP contribution in [0.5, 0.6) is 0 Å². The summed E-state index contributed by atoms with van der Waals surface area (Å²) in [6.07, 6.45) is 1.68. The Kier molecular flexibility index (Phi) is 6.71. The number of H-pyrrole nitrogens is 1. The fourth-order valence-corrected chi connectivity index (χ4v) is 3.64. The van der Waals surface area contributed by atoms with Gasteiger partial charge in [0.25, 0.3) is 0 Å². The Bertz CT molecular complexity index is 964. The number of aryl methyl sites for hydroxylation is 2. The average Bonchev–Trinajstić information content (AvgIpc) is 3.07. The highest BCUT2D eigenvalue weighted by Gasteiger charge is 2.19. The number of anilines is 1. The minimum absolute atomic E-state index is 0.126. The van der Waals surface area contributed by atoms with E-state index < -0.39 is 5.25 Å². The van der Waals surface area contributed by atoms with Crippen molar-refractivity contribution in [2.45, 2.75) is 43.6 Å². The van der Waals surface area contributed by atoms with Crippen LogP contribution in [0.25, 0.3) is 0 Å². The maximum absolute atomic E-state index is 12.5. The van der Waals surface area contributed by atoms with Crippen molar-refractivity contribution in [3.63, 3.8) is 0 Å². The largest absolute Gasteiger partial charge is 0.343 e. The fraction of sp³-hybridized carbons (Fsp3) is 0.286. The zero-order valence-electron chi connectivity index (χ0n) is 16.0. The number of nitrogens with one attached hydrogen (secondary N) is 2. The lowest BCUT2D eigenvalue weighted by molar-refractivity contribution is -0.115. The summed E-state index contributed by atoms with van der Waals surface area (Å²) in [6, 6.07) is 17.8. The van der Waals surface area contributed by atoms with E-state index in [2.05, 4.69) is 22.4 Å². The van der Waals surface area contributed by atoms with Gasteiger partial charge < -0.3 is 5.32 Å². The molecule has 0 saturated carbocycles. The predicted octanol–water partition coefficient (Wildman–Crippen LogP) is 3.50. The van der Waals surface area contributed by atoms with E-state index in [-0.39, 0.29) is 11.6 Å². The minimum atomic E-state index is -0.392. The summed E-state index contributed by atoms with van der Waals surface area (Å²) in [5.41, 5.74) is 2.87. The zero-order valence-corrected chi connectivity index (χ0v) is 16.8. The summed E-state index contributed by atoms with van der Waals surface area (Å²) in [7, 11) is 0. The smallest absolute Gasteiger partial charge is 0.325 e. The van der Waals surface area contributed by atoms with Gasteiger partial charge in [0.1, 0.15) is 0 Å². The van der Waals surface area contributed by atoms with Crippen LogP contribution in [0.1, 0.15) is 25.0 Å². The minimum Gasteiger partial charge on any atom is -0.325 e. The Balaban J connectivity index is 1.62. The fourth-order valence-electron chi connectivity index (χ4n) is 2.76. The molecule has 7 heteroatoms. The molecule has 1 unspecified atom stereocenters. The van der Waals surface area contributed by atoms with Crippen molar-refractivity contribution in [2.24, 2.45) is 0 Å². The number of aromatic amines is 1. The first-order chi connectivity index (χ1) is 13.6. The van der Waals surface area contributed by atoms with Crippen LogP contribution in [0.2, 0.25) is 0 Å². The van der Waals surface area contributed by atoms with Gasteiger partial charge in [-0.05, 0) is 43.0 Å². The van der Waals surface area contributed by atoms with Crippen molar-refractivity contribution in [1.29, 1.82) is 0 Å². The van der Waals surface area contributed by atoms with Crippen molar-refractivity contribution in [1.82, 2.24) is 14.8 Å². The number of rotatable bonds is 8. The first kappa shape index (κ1) is 19.9. The van der Waals surface area contributed by atoms with E-state index in [0.29, 0.717) is 11.7 Å². The van der Waals surface area contributed by atoms with Gasteiger partial charge in [-0.3, -0.25) is 9.36 Å². The average molecular weight is 397 g/mol. The molecule has 0 aliphatic rings. The van der Waals surface area contributed by atoms with E-state index in [1.54, 1.807) is 11.5 Å². The summed E-state index contributed by atoms with van der Waals surface area (Å²) in [4.78, 5) is 24.6. The third-order valence-corrected chi connectivity index (χ3v) is 5.56. The molecule has 146 valence electrons. The first-order valence-electron chi connectivity index (χ1n) is 9.32. The number of carbonyl (C=O) groups is 1. The van der Waals surface area contributed by atoms with Gasteiger partial charge in [-0.25, -0.2) is 9.89 Å². The van der Waals surface area contributed by atoms with Crippen LogP contribution in [-0.2, 0) is 24.2 Å². The Morgan fingerprint density at radius 2 is 1.86 bits per heavy atom. The molecule has 0 radical (unpaired) electrons. The monoisotopic (exact) mass is 396 g/mol. The molecule has 6 nitrogen and oxygen atoms in total. The van der Waals surface area contributed by atoms with Crippen LogP contribution in [0.4, 0.5) is 5.69 Å². The van der Waals surface area contributed by atoms with Crippen LogP contribution < -0.4 is 11.0 Å². The van der Waals surface area contributed by atoms with E-state index in [0.717, 1.165) is 24.1 Å². The van der Waals surface area contributed by atoms with Crippen LogP contribution in [0, 0.1) is 0 Å². The first-order valence-corrected chi connectivity index (χ1v) is 10.2. The van der Waals surface area contributed by atoms with Gasteiger partial charge in [-0.15, -0.1) is 5.10 Å². The molecule has 2 aromatic carbocycles. The topological polar surface area (TPSA) is 79.8 Å². The van der Waals surface area contributed by atoms with Crippen LogP contribution >= 0.6 is 11.8 Å². The molecular weight excluding hydrogens is 372 g/mol. The van der Waals surface area contributed by atoms with Crippen molar-refractivity contribution in [2.75, 3.05) is 5.32 Å². The molecule has 1 amide bonds. The molecule has 0 aliphatic heterocycles. The Hall–Kier alpha value is -2.80. The maximum Gasteiger partial charge on any atom is 0.343 e. The summed E-state index contributed by atoms with van der Waals surface area (Å²) >= 11 is 1.27. The molecule has 3 aromatic rings. The number of benzene rings is 2. The molecule has 0 saturated heterocycles. The van der Waals surface area contributed by atoms with Crippen molar-refractivity contribution >= 4 is 23.4 Å². The van der Waals surface area contributed by atoms with E-state index in [1.165, 1.54) is 17.3 Å². The van der Waals surface area contributed by atoms with Gasteiger partial charge >= 0.3 is 5.69 Å². The van der Waals surface area contributed by atoms with Crippen LogP contribution in [-0.4, -0.2) is 25.9 Å². The van der Waals surface area contributed by atoms with E-state index >= 15 is 0 Å².